The maximum Gasteiger partial charge on any atom is 0.244 e. The summed E-state index contributed by atoms with van der Waals surface area (Å²) in [4.78, 5) is 15.2. The number of nitrogens with one attached hydrogen (secondary N) is 3. The second kappa shape index (κ2) is 5.51. The van der Waals surface area contributed by atoms with Gasteiger partial charge < -0.3 is 10.7 Å². The number of pyridine rings is 1. The molecule has 0 aliphatic carbocycles. The van der Waals surface area contributed by atoms with Gasteiger partial charge in [-0.1, -0.05) is 0 Å². The number of hydrazine groups is 1. The van der Waals surface area contributed by atoms with E-state index in [2.05, 4.69) is 20.4 Å². The van der Waals surface area contributed by atoms with E-state index in [-0.39, 0.29) is 16.5 Å². The maximum absolute atomic E-state index is 12.2. The number of carbonyl (C=O) groups is 1. The highest BCUT2D eigenvalue weighted by Gasteiger charge is 2.29. The fraction of sp³-hybridized carbons (Fsp3) is 0.400. The Morgan fingerprint density at radius 3 is 2.95 bits per heavy atom. The molecule has 1 atom stereocenters. The maximum atomic E-state index is 12.2. The molecule has 0 aromatic carbocycles. The minimum absolute atomic E-state index is 0.0872. The van der Waals surface area contributed by atoms with Gasteiger partial charge in [-0.05, 0) is 18.9 Å². The molecule has 0 radical (unpaired) electrons. The lowest BCUT2D eigenvalue weighted by molar-refractivity contribution is -0.124. The van der Waals surface area contributed by atoms with Gasteiger partial charge in [-0.25, -0.2) is 8.42 Å². The zero-order valence-corrected chi connectivity index (χ0v) is 10.9. The van der Waals surface area contributed by atoms with Gasteiger partial charge in [-0.2, -0.15) is 4.72 Å². The number of nitrogens with zero attached hydrogens (tertiary/aromatic N) is 1. The molecule has 1 amide bonds. The van der Waals surface area contributed by atoms with Crippen LogP contribution in [0.5, 0.6) is 0 Å². The van der Waals surface area contributed by atoms with Crippen LogP contribution in [0.2, 0.25) is 0 Å². The highest BCUT2D eigenvalue weighted by atomic mass is 32.2. The Bertz CT molecular complexity index is 574. The first-order valence-electron chi connectivity index (χ1n) is 5.75. The van der Waals surface area contributed by atoms with Crippen LogP contribution in [0.25, 0.3) is 0 Å². The van der Waals surface area contributed by atoms with Gasteiger partial charge in [0.25, 0.3) is 0 Å². The predicted molar refractivity (Wildman–Crippen MR) is 68.4 cm³/mol. The van der Waals surface area contributed by atoms with Crippen molar-refractivity contribution in [1.82, 2.24) is 15.0 Å². The summed E-state index contributed by atoms with van der Waals surface area (Å²) in [6.45, 7) is 0.569. The largest absolute Gasteiger partial charge is 0.355 e. The number of piperidine rings is 1. The number of anilines is 1. The van der Waals surface area contributed by atoms with Crippen molar-refractivity contribution in [2.24, 2.45) is 5.84 Å². The minimum Gasteiger partial charge on any atom is -0.355 e. The fourth-order valence-electron chi connectivity index (χ4n) is 1.85. The lowest BCUT2D eigenvalue weighted by Gasteiger charge is -2.23. The standard InChI is InChI=1S/C10H15N5O3S/c11-14-7-3-5-12-6-9(7)19(17,18)15-8-2-1-4-13-10(8)16/h3,5-6,8,15H,1-2,4,11H2,(H,12,14)(H,13,16). The monoisotopic (exact) mass is 285 g/mol. The van der Waals surface area contributed by atoms with Gasteiger partial charge in [0.15, 0.2) is 0 Å². The summed E-state index contributed by atoms with van der Waals surface area (Å²) < 4.78 is 26.8. The Morgan fingerprint density at radius 2 is 2.26 bits per heavy atom. The van der Waals surface area contributed by atoms with Crippen molar-refractivity contribution in [3.63, 3.8) is 0 Å². The third-order valence-corrected chi connectivity index (χ3v) is 4.31. The van der Waals surface area contributed by atoms with Crippen molar-refractivity contribution in [1.29, 1.82) is 0 Å². The van der Waals surface area contributed by atoms with E-state index < -0.39 is 16.1 Å². The topological polar surface area (TPSA) is 126 Å². The first-order valence-corrected chi connectivity index (χ1v) is 7.23. The van der Waals surface area contributed by atoms with Crippen LogP contribution < -0.4 is 21.3 Å². The van der Waals surface area contributed by atoms with Gasteiger partial charge in [-0.3, -0.25) is 15.6 Å². The second-order valence-corrected chi connectivity index (χ2v) is 5.81. The van der Waals surface area contributed by atoms with E-state index >= 15 is 0 Å². The van der Waals surface area contributed by atoms with Crippen LogP contribution in [0.15, 0.2) is 23.4 Å². The van der Waals surface area contributed by atoms with Crippen LogP contribution >= 0.6 is 0 Å². The van der Waals surface area contributed by atoms with Crippen molar-refractivity contribution < 1.29 is 13.2 Å². The summed E-state index contributed by atoms with van der Waals surface area (Å²) in [6.07, 6.45) is 3.80. The summed E-state index contributed by atoms with van der Waals surface area (Å²) in [7, 11) is -3.85. The summed E-state index contributed by atoms with van der Waals surface area (Å²) in [6, 6.07) is 0.680. The molecular weight excluding hydrogens is 270 g/mol. The van der Waals surface area contributed by atoms with E-state index in [4.69, 9.17) is 5.84 Å². The van der Waals surface area contributed by atoms with Gasteiger partial charge in [0.05, 0.1) is 5.69 Å². The number of carbonyl (C=O) groups excluding carboxylic acids is 1. The van der Waals surface area contributed by atoms with Crippen molar-refractivity contribution in [2.75, 3.05) is 12.0 Å². The van der Waals surface area contributed by atoms with Gasteiger partial charge in [0.1, 0.15) is 10.9 Å². The third kappa shape index (κ3) is 3.00. The third-order valence-electron chi connectivity index (χ3n) is 2.81. The zero-order chi connectivity index (χ0) is 13.9. The molecule has 0 spiro atoms. The summed E-state index contributed by atoms with van der Waals surface area (Å²) in [5.74, 6) is 4.94. The summed E-state index contributed by atoms with van der Waals surface area (Å²) in [5, 5.41) is 2.61. The molecule has 9 heteroatoms. The normalized spacial score (nSPS) is 19.8. The Kier molecular flexibility index (Phi) is 3.98. The molecule has 0 bridgehead atoms. The first-order chi connectivity index (χ1) is 9.04. The average Bonchev–Trinajstić information content (AvgIpc) is 2.41. The number of aromatic nitrogens is 1. The minimum atomic E-state index is -3.85. The van der Waals surface area contributed by atoms with Crippen LogP contribution in [0, 0.1) is 0 Å². The van der Waals surface area contributed by atoms with E-state index in [9.17, 15) is 13.2 Å². The molecule has 0 saturated carbocycles. The molecule has 2 heterocycles. The molecule has 104 valence electrons. The molecule has 2 rings (SSSR count). The number of nitrogen functional groups attached to an aromatic ring is 1. The zero-order valence-electron chi connectivity index (χ0n) is 10.1. The van der Waals surface area contributed by atoms with E-state index in [1.165, 1.54) is 18.5 Å². The van der Waals surface area contributed by atoms with Crippen molar-refractivity contribution in [3.05, 3.63) is 18.5 Å². The molecule has 1 aromatic rings. The van der Waals surface area contributed by atoms with Crippen LogP contribution in [0.3, 0.4) is 0 Å². The summed E-state index contributed by atoms with van der Waals surface area (Å²) >= 11 is 0. The summed E-state index contributed by atoms with van der Waals surface area (Å²) in [5.41, 5.74) is 2.51. The lowest BCUT2D eigenvalue weighted by atomic mass is 10.1. The van der Waals surface area contributed by atoms with Crippen LogP contribution in [0.4, 0.5) is 5.69 Å². The number of hydrogen-bond acceptors (Lipinski definition) is 6. The number of hydrogen-bond donors (Lipinski definition) is 4. The number of amides is 1. The number of sulfonamides is 1. The highest BCUT2D eigenvalue weighted by Crippen LogP contribution is 2.19. The number of rotatable bonds is 4. The molecule has 19 heavy (non-hydrogen) atoms. The van der Waals surface area contributed by atoms with Gasteiger partial charge in [0, 0.05) is 18.9 Å². The van der Waals surface area contributed by atoms with Crippen LogP contribution in [-0.4, -0.2) is 31.9 Å². The van der Waals surface area contributed by atoms with Gasteiger partial charge >= 0.3 is 0 Å². The van der Waals surface area contributed by atoms with E-state index in [1.807, 2.05) is 0 Å². The molecule has 5 N–H and O–H groups in total. The van der Waals surface area contributed by atoms with E-state index in [0.717, 1.165) is 6.42 Å². The average molecular weight is 285 g/mol. The lowest BCUT2D eigenvalue weighted by Crippen LogP contribution is -2.50. The molecule has 1 aliphatic heterocycles. The molecule has 1 unspecified atom stereocenters. The van der Waals surface area contributed by atoms with Crippen molar-refractivity contribution in [2.45, 2.75) is 23.8 Å². The molecule has 1 saturated heterocycles. The van der Waals surface area contributed by atoms with Crippen molar-refractivity contribution >= 4 is 21.6 Å². The van der Waals surface area contributed by atoms with E-state index in [0.29, 0.717) is 13.0 Å². The molecular formula is C10H15N5O3S. The first kappa shape index (κ1) is 13.7. The number of nitrogens with two attached hydrogens (primary N) is 1. The SMILES string of the molecule is NNc1ccncc1S(=O)(=O)NC1CCCNC1=O. The Balaban J connectivity index is 2.24. The second-order valence-electron chi connectivity index (χ2n) is 4.12. The molecule has 8 nitrogen and oxygen atoms in total. The van der Waals surface area contributed by atoms with E-state index in [1.54, 1.807) is 0 Å². The van der Waals surface area contributed by atoms with Gasteiger partial charge in [0.2, 0.25) is 15.9 Å². The van der Waals surface area contributed by atoms with Crippen LogP contribution in [0.1, 0.15) is 12.8 Å². The van der Waals surface area contributed by atoms with Crippen LogP contribution in [-0.2, 0) is 14.8 Å². The Hall–Kier alpha value is -1.71. The Labute approximate surface area is 110 Å². The fourth-order valence-corrected chi connectivity index (χ4v) is 3.19. The molecule has 1 fully saturated rings. The van der Waals surface area contributed by atoms with Crippen molar-refractivity contribution in [3.8, 4) is 0 Å². The Morgan fingerprint density at radius 1 is 1.47 bits per heavy atom. The molecule has 1 aliphatic rings. The predicted octanol–water partition coefficient (Wildman–Crippen LogP) is -1.08. The molecule has 1 aromatic heterocycles. The highest BCUT2D eigenvalue weighted by molar-refractivity contribution is 7.89. The smallest absolute Gasteiger partial charge is 0.244 e. The quantitative estimate of drug-likeness (QED) is 0.412. The van der Waals surface area contributed by atoms with Gasteiger partial charge in [-0.15, -0.1) is 0 Å².